The molecule has 0 aromatic carbocycles. The quantitative estimate of drug-likeness (QED) is 0.625. The van der Waals surface area contributed by atoms with Crippen molar-refractivity contribution in [2.75, 3.05) is 11.5 Å². The van der Waals surface area contributed by atoms with Crippen LogP contribution in [0.15, 0.2) is 0 Å². The maximum absolute atomic E-state index is 11.0. The van der Waals surface area contributed by atoms with Crippen LogP contribution in [0, 0.1) is 12.8 Å². The molecule has 2 nitrogen and oxygen atoms in total. The number of rotatable bonds is 4. The Hall–Kier alpha value is -0.0500. The zero-order valence-electron chi connectivity index (χ0n) is 6.63. The summed E-state index contributed by atoms with van der Waals surface area (Å²) in [5.41, 5.74) is 0. The van der Waals surface area contributed by atoms with Gasteiger partial charge in [-0.25, -0.2) is 8.42 Å². The van der Waals surface area contributed by atoms with E-state index in [-0.39, 0.29) is 11.7 Å². The molecule has 0 heterocycles. The highest BCUT2D eigenvalue weighted by molar-refractivity contribution is 7.91. The molecule has 1 radical (unpaired) electrons. The first-order chi connectivity index (χ1) is 4.48. The smallest absolute Gasteiger partial charge is 0.150 e. The lowest BCUT2D eigenvalue weighted by molar-refractivity contribution is 0.582. The third-order valence-electron chi connectivity index (χ3n) is 1.04. The molecule has 3 heteroatoms. The van der Waals surface area contributed by atoms with Crippen LogP contribution >= 0.6 is 0 Å². The summed E-state index contributed by atoms with van der Waals surface area (Å²) in [6, 6.07) is 0. The van der Waals surface area contributed by atoms with Gasteiger partial charge in [0.05, 0.1) is 11.5 Å². The van der Waals surface area contributed by atoms with Crippen LogP contribution in [0.25, 0.3) is 0 Å². The first kappa shape index (κ1) is 9.95. The van der Waals surface area contributed by atoms with E-state index in [2.05, 4.69) is 6.92 Å². The fourth-order valence-electron chi connectivity index (χ4n) is 0.811. The Morgan fingerprint density at radius 1 is 1.40 bits per heavy atom. The maximum Gasteiger partial charge on any atom is 0.150 e. The third-order valence-corrected chi connectivity index (χ3v) is 3.13. The van der Waals surface area contributed by atoms with Crippen molar-refractivity contribution in [2.24, 2.45) is 5.92 Å². The molecule has 0 aromatic rings. The molecule has 0 bridgehead atoms. The lowest BCUT2D eigenvalue weighted by Gasteiger charge is -2.03. The van der Waals surface area contributed by atoms with Crippen LogP contribution in [-0.2, 0) is 9.84 Å². The summed E-state index contributed by atoms with van der Waals surface area (Å²) in [5, 5.41) is 0. The monoisotopic (exact) mass is 163 g/mol. The van der Waals surface area contributed by atoms with E-state index in [1.165, 1.54) is 0 Å². The Morgan fingerprint density at radius 3 is 2.20 bits per heavy atom. The van der Waals surface area contributed by atoms with Crippen molar-refractivity contribution < 1.29 is 8.42 Å². The summed E-state index contributed by atoms with van der Waals surface area (Å²) >= 11 is 0. The van der Waals surface area contributed by atoms with E-state index >= 15 is 0 Å². The van der Waals surface area contributed by atoms with Gasteiger partial charge in [-0.3, -0.25) is 0 Å². The van der Waals surface area contributed by atoms with Crippen molar-refractivity contribution >= 4 is 9.84 Å². The molecule has 0 aliphatic heterocycles. The summed E-state index contributed by atoms with van der Waals surface area (Å²) < 4.78 is 22.0. The zero-order chi connectivity index (χ0) is 8.20. The second-order valence-electron chi connectivity index (χ2n) is 2.86. The summed E-state index contributed by atoms with van der Waals surface area (Å²) in [7, 11) is -2.79. The van der Waals surface area contributed by atoms with Crippen molar-refractivity contribution in [1.82, 2.24) is 0 Å². The van der Waals surface area contributed by atoms with Gasteiger partial charge in [0.15, 0.2) is 9.84 Å². The van der Waals surface area contributed by atoms with Crippen LogP contribution < -0.4 is 0 Å². The van der Waals surface area contributed by atoms with Crippen LogP contribution in [-0.4, -0.2) is 19.9 Å². The van der Waals surface area contributed by atoms with Crippen LogP contribution in [0.4, 0.5) is 0 Å². The Balaban J connectivity index is 3.89. The molecule has 61 valence electrons. The van der Waals surface area contributed by atoms with Crippen LogP contribution in [0.2, 0.25) is 0 Å². The molecule has 0 aliphatic carbocycles. The summed E-state index contributed by atoms with van der Waals surface area (Å²) in [6.07, 6.45) is 0.481. The van der Waals surface area contributed by atoms with Crippen LogP contribution in [0.5, 0.6) is 0 Å². The zero-order valence-corrected chi connectivity index (χ0v) is 7.45. The van der Waals surface area contributed by atoms with Crippen molar-refractivity contribution in [3.63, 3.8) is 0 Å². The van der Waals surface area contributed by atoms with E-state index < -0.39 is 9.84 Å². The topological polar surface area (TPSA) is 34.1 Å². The Kier molecular flexibility index (Phi) is 3.94. The summed E-state index contributed by atoms with van der Waals surface area (Å²) in [5.74, 6) is 0.754. The molecule has 0 fully saturated rings. The Morgan fingerprint density at radius 2 is 1.90 bits per heavy atom. The highest BCUT2D eigenvalue weighted by Gasteiger charge is 2.10. The number of sulfone groups is 1. The molecule has 10 heavy (non-hydrogen) atoms. The largest absolute Gasteiger partial charge is 0.229 e. The van der Waals surface area contributed by atoms with Crippen LogP contribution in [0.3, 0.4) is 0 Å². The first-order valence-electron chi connectivity index (χ1n) is 3.47. The Bertz CT molecular complexity index is 168. The fourth-order valence-corrected chi connectivity index (χ4v) is 2.43. The fraction of sp³-hybridized carbons (Fsp3) is 0.857. The van der Waals surface area contributed by atoms with E-state index in [1.54, 1.807) is 0 Å². The van der Waals surface area contributed by atoms with Gasteiger partial charge in [0.25, 0.3) is 0 Å². The molecular formula is C7H15O2S. The molecule has 0 unspecified atom stereocenters. The number of hydrogen-bond acceptors (Lipinski definition) is 2. The van der Waals surface area contributed by atoms with Gasteiger partial charge in [0.2, 0.25) is 0 Å². The molecule has 0 aliphatic rings. The normalized spacial score (nSPS) is 12.4. The van der Waals surface area contributed by atoms with Gasteiger partial charge in [-0.05, 0) is 12.3 Å². The maximum atomic E-state index is 11.0. The minimum Gasteiger partial charge on any atom is -0.229 e. The average molecular weight is 163 g/mol. The molecule has 0 aromatic heterocycles. The number of hydrogen-bond donors (Lipinski definition) is 0. The first-order valence-corrected chi connectivity index (χ1v) is 5.29. The predicted octanol–water partition coefficient (Wildman–Crippen LogP) is 1.28. The summed E-state index contributed by atoms with van der Waals surface area (Å²) in [4.78, 5) is 0. The van der Waals surface area contributed by atoms with Crippen molar-refractivity contribution in [2.45, 2.75) is 20.3 Å². The van der Waals surface area contributed by atoms with Gasteiger partial charge >= 0.3 is 0 Å². The van der Waals surface area contributed by atoms with Crippen molar-refractivity contribution in [1.29, 1.82) is 0 Å². The molecule has 0 saturated heterocycles. The second-order valence-corrected chi connectivity index (χ2v) is 5.09. The summed E-state index contributed by atoms with van der Waals surface area (Å²) in [6.45, 7) is 7.31. The lowest BCUT2D eigenvalue weighted by Crippen LogP contribution is -2.14. The van der Waals surface area contributed by atoms with Gasteiger partial charge in [-0.1, -0.05) is 20.8 Å². The molecule has 0 saturated carbocycles. The van der Waals surface area contributed by atoms with Gasteiger partial charge in [-0.15, -0.1) is 0 Å². The van der Waals surface area contributed by atoms with E-state index in [4.69, 9.17) is 0 Å². The molecule has 0 atom stereocenters. The predicted molar refractivity (Wildman–Crippen MR) is 43.5 cm³/mol. The molecule has 0 spiro atoms. The average Bonchev–Trinajstić information content (AvgIpc) is 1.59. The highest BCUT2D eigenvalue weighted by Crippen LogP contribution is 2.01. The van der Waals surface area contributed by atoms with Gasteiger partial charge in [-0.2, -0.15) is 0 Å². The van der Waals surface area contributed by atoms with E-state index in [0.29, 0.717) is 12.2 Å². The molecule has 0 N–H and O–H groups in total. The minimum atomic E-state index is -2.79. The van der Waals surface area contributed by atoms with E-state index in [0.717, 1.165) is 0 Å². The van der Waals surface area contributed by atoms with Crippen molar-refractivity contribution in [3.8, 4) is 0 Å². The SMILES string of the molecule is [CH2]CCS(=O)(=O)CC(C)C. The third kappa shape index (κ3) is 4.79. The Labute approximate surface area is 63.6 Å². The molecule has 0 rings (SSSR count). The van der Waals surface area contributed by atoms with E-state index in [9.17, 15) is 8.42 Å². The highest BCUT2D eigenvalue weighted by atomic mass is 32.2. The van der Waals surface area contributed by atoms with Gasteiger partial charge in [0, 0.05) is 0 Å². The second kappa shape index (κ2) is 3.96. The van der Waals surface area contributed by atoms with E-state index in [1.807, 2.05) is 13.8 Å². The van der Waals surface area contributed by atoms with Crippen LogP contribution in [0.1, 0.15) is 20.3 Å². The minimum absolute atomic E-state index is 0.227. The van der Waals surface area contributed by atoms with Gasteiger partial charge in [0.1, 0.15) is 0 Å². The molecule has 0 amide bonds. The lowest BCUT2D eigenvalue weighted by atomic mass is 10.3. The standard InChI is InChI=1S/C7H15O2S/c1-4-5-10(8,9)6-7(2)3/h7H,1,4-6H2,2-3H3. The van der Waals surface area contributed by atoms with Crippen molar-refractivity contribution in [3.05, 3.63) is 6.92 Å². The van der Waals surface area contributed by atoms with Gasteiger partial charge < -0.3 is 0 Å². The molecular weight excluding hydrogens is 148 g/mol.